The van der Waals surface area contributed by atoms with Gasteiger partial charge in [0.15, 0.2) is 0 Å². The Kier molecular flexibility index (Phi) is 9.51. The minimum atomic E-state index is -0.446. The molecule has 3 aromatic carbocycles. The molecule has 0 spiro atoms. The summed E-state index contributed by atoms with van der Waals surface area (Å²) in [7, 11) is -0.446. The predicted molar refractivity (Wildman–Crippen MR) is 130 cm³/mol. The molecule has 0 saturated heterocycles. The molecule has 0 heterocycles. The summed E-state index contributed by atoms with van der Waals surface area (Å²) in [5.74, 6) is 0. The first kappa shape index (κ1) is 25.8. The van der Waals surface area contributed by atoms with Crippen LogP contribution in [0.2, 0.25) is 0 Å². The average molecular weight is 536 g/mol. The number of allylic oxidation sites excluding steroid dienone is 4. The van der Waals surface area contributed by atoms with E-state index in [0.29, 0.717) is 0 Å². The van der Waals surface area contributed by atoms with Crippen LogP contribution in [0, 0.1) is 5.41 Å². The number of halogens is 1. The molecule has 0 radical (unpaired) electrons. The van der Waals surface area contributed by atoms with Gasteiger partial charge in [-0.3, -0.25) is 0 Å². The first-order chi connectivity index (χ1) is 14.3. The van der Waals surface area contributed by atoms with Crippen molar-refractivity contribution >= 4 is 23.8 Å². The van der Waals surface area contributed by atoms with Crippen LogP contribution in [-0.2, 0) is 15.5 Å². The molecule has 3 heteroatoms. The smallest absolute Gasteiger partial charge is 0.0134 e. The average Bonchev–Trinajstić information content (AvgIpc) is 2.91. The third-order valence-corrected chi connectivity index (χ3v) is 9.35. The summed E-state index contributed by atoms with van der Waals surface area (Å²) in [5, 5.41) is 4.19. The molecular weight excluding hydrogens is 506 g/mol. The number of benzene rings is 3. The maximum atomic E-state index is 5.04. The molecule has 4 rings (SSSR count). The quantitative estimate of drug-likeness (QED) is 0.355. The van der Waals surface area contributed by atoms with Gasteiger partial charge in [-0.25, -0.2) is 0 Å². The third kappa shape index (κ3) is 5.87. The summed E-state index contributed by atoms with van der Waals surface area (Å²) in [4.78, 5) is 0. The minimum absolute atomic E-state index is 0. The van der Waals surface area contributed by atoms with Gasteiger partial charge in [0.05, 0.1) is 0 Å². The van der Waals surface area contributed by atoms with Crippen LogP contribution < -0.4 is 32.9 Å². The monoisotopic (exact) mass is 534 g/mol. The summed E-state index contributed by atoms with van der Waals surface area (Å²) >= 11 is 5.04. The van der Waals surface area contributed by atoms with Crippen molar-refractivity contribution in [2.24, 2.45) is 5.41 Å². The van der Waals surface area contributed by atoms with E-state index in [1.807, 2.05) is 0 Å². The van der Waals surface area contributed by atoms with Gasteiger partial charge in [-0.2, -0.15) is 0 Å². The predicted octanol–water partition coefficient (Wildman–Crippen LogP) is 3.63. The Morgan fingerprint density at radius 3 is 1.10 bits per heavy atom. The van der Waals surface area contributed by atoms with E-state index in [1.165, 1.54) is 32.6 Å². The van der Waals surface area contributed by atoms with Gasteiger partial charge in [-0.05, 0) is 23.8 Å². The molecular formula is C28H30BrNiP. The Morgan fingerprint density at radius 1 is 0.581 bits per heavy atom. The summed E-state index contributed by atoms with van der Waals surface area (Å²) in [6.07, 6.45) is 0. The second-order valence-corrected chi connectivity index (χ2v) is 10.8. The first-order valence-electron chi connectivity index (χ1n) is 10.3. The number of rotatable bonds is 3. The van der Waals surface area contributed by atoms with Crippen LogP contribution in [0.25, 0.3) is 0 Å². The van der Waals surface area contributed by atoms with Crippen molar-refractivity contribution in [3.63, 3.8) is 0 Å². The van der Waals surface area contributed by atoms with Crippen LogP contribution in [0.3, 0.4) is 0 Å². The molecule has 31 heavy (non-hydrogen) atoms. The van der Waals surface area contributed by atoms with Gasteiger partial charge in [-0.1, -0.05) is 91.0 Å². The standard InChI is InChI=1S/C18H15P.C10H15.BrH.Ni/c1-4-10-16(11-5-1)19(17-12-6-2-7-13-17)18-14-8-3-9-15-18;1-7-6-10(4,5)9(3)8(7)2;;/h1-15H;1-5H3;1H;/q;;;+1/p-1. The molecule has 1 aliphatic rings. The fourth-order valence-electron chi connectivity index (χ4n) is 3.70. The first-order valence-corrected chi connectivity index (χ1v) is 12.1. The van der Waals surface area contributed by atoms with E-state index >= 15 is 0 Å². The molecule has 0 atom stereocenters. The largest absolute Gasteiger partial charge is 1.00 e. The zero-order chi connectivity index (χ0) is 21.7. The van der Waals surface area contributed by atoms with E-state index in [-0.39, 0.29) is 22.4 Å². The Bertz CT molecular complexity index is 918. The Morgan fingerprint density at radius 2 is 0.903 bits per heavy atom. The maximum Gasteiger partial charge on any atom is -0.0134 e. The second-order valence-electron chi connectivity index (χ2n) is 8.13. The topological polar surface area (TPSA) is 0 Å². The summed E-state index contributed by atoms with van der Waals surface area (Å²) < 4.78 is 1.16. The molecule has 0 saturated carbocycles. The van der Waals surface area contributed by atoms with Crippen LogP contribution >= 0.6 is 7.92 Å². The molecule has 0 fully saturated rings. The molecule has 0 unspecified atom stereocenters. The SMILES string of the molecule is CC1=C(C)C(C)(C)[C]([Ni+])=C1C.[Br-].c1ccc(P(c2ccccc2)c2ccccc2)cc1. The van der Waals surface area contributed by atoms with E-state index in [1.54, 1.807) is 0 Å². The fraction of sp³-hybridized carbons (Fsp3) is 0.214. The van der Waals surface area contributed by atoms with E-state index in [0.717, 1.165) is 4.54 Å². The van der Waals surface area contributed by atoms with E-state index in [9.17, 15) is 0 Å². The zero-order valence-electron chi connectivity index (χ0n) is 18.8. The molecule has 0 bridgehead atoms. The van der Waals surface area contributed by atoms with Crippen LogP contribution in [0.5, 0.6) is 0 Å². The number of hydrogen-bond donors (Lipinski definition) is 0. The van der Waals surface area contributed by atoms with Crippen LogP contribution in [0.1, 0.15) is 34.6 Å². The second kappa shape index (κ2) is 11.4. The Balaban J connectivity index is 0.000000245. The van der Waals surface area contributed by atoms with Crippen LogP contribution in [0.4, 0.5) is 0 Å². The van der Waals surface area contributed by atoms with Crippen molar-refractivity contribution in [3.8, 4) is 0 Å². The van der Waals surface area contributed by atoms with Crippen molar-refractivity contribution in [1.29, 1.82) is 0 Å². The molecule has 0 amide bonds. The molecule has 0 N–H and O–H groups in total. The molecule has 0 nitrogen and oxygen atoms in total. The zero-order valence-corrected chi connectivity index (χ0v) is 22.3. The van der Waals surface area contributed by atoms with Crippen molar-refractivity contribution in [3.05, 3.63) is 112 Å². The van der Waals surface area contributed by atoms with Crippen molar-refractivity contribution in [2.75, 3.05) is 0 Å². The maximum absolute atomic E-state index is 5.04. The van der Waals surface area contributed by atoms with E-state index in [2.05, 4.69) is 126 Å². The Hall–Kier alpha value is -1.46. The summed E-state index contributed by atoms with van der Waals surface area (Å²) in [6, 6.07) is 32.3. The molecule has 1 aliphatic carbocycles. The van der Waals surface area contributed by atoms with Gasteiger partial charge in [0.1, 0.15) is 0 Å². The van der Waals surface area contributed by atoms with Gasteiger partial charge >= 0.3 is 76.8 Å². The Labute approximate surface area is 207 Å². The molecule has 0 aromatic heterocycles. The van der Waals surface area contributed by atoms with Gasteiger partial charge in [0.25, 0.3) is 0 Å². The summed E-state index contributed by atoms with van der Waals surface area (Å²) in [6.45, 7) is 10.9. The molecule has 3 aromatic rings. The number of hydrogen-bond acceptors (Lipinski definition) is 0. The van der Waals surface area contributed by atoms with Gasteiger partial charge in [0, 0.05) is 0 Å². The van der Waals surface area contributed by atoms with Crippen molar-refractivity contribution in [2.45, 2.75) is 34.6 Å². The van der Waals surface area contributed by atoms with E-state index in [4.69, 9.17) is 15.5 Å². The third-order valence-electron chi connectivity index (χ3n) is 5.92. The normalized spacial score (nSPS) is 14.8. The van der Waals surface area contributed by atoms with Crippen LogP contribution in [0.15, 0.2) is 112 Å². The van der Waals surface area contributed by atoms with Gasteiger partial charge < -0.3 is 17.0 Å². The van der Waals surface area contributed by atoms with Crippen LogP contribution in [-0.4, -0.2) is 0 Å². The van der Waals surface area contributed by atoms with Crippen molar-refractivity contribution < 1.29 is 32.4 Å². The fourth-order valence-corrected chi connectivity index (χ4v) is 6.38. The van der Waals surface area contributed by atoms with Gasteiger partial charge in [-0.15, -0.1) is 0 Å². The van der Waals surface area contributed by atoms with Crippen molar-refractivity contribution in [1.82, 2.24) is 0 Å². The molecule has 164 valence electrons. The van der Waals surface area contributed by atoms with Gasteiger partial charge in [0.2, 0.25) is 0 Å². The molecule has 0 aliphatic heterocycles. The minimum Gasteiger partial charge on any atom is -1.00 e. The summed E-state index contributed by atoms with van der Waals surface area (Å²) in [5.41, 5.74) is 4.31. The van der Waals surface area contributed by atoms with E-state index < -0.39 is 7.92 Å².